The molecule has 0 aromatic heterocycles. The molecule has 0 bridgehead atoms. The van der Waals surface area contributed by atoms with E-state index < -0.39 is 8.32 Å². The van der Waals surface area contributed by atoms with Crippen molar-refractivity contribution in [1.29, 1.82) is 0 Å². The van der Waals surface area contributed by atoms with E-state index in [4.69, 9.17) is 9.16 Å². The second-order valence-corrected chi connectivity index (χ2v) is 16.0. The third-order valence-electron chi connectivity index (χ3n) is 7.00. The summed E-state index contributed by atoms with van der Waals surface area (Å²) in [5, 5.41) is 0.185. The number of allylic oxidation sites excluding steroid dienone is 2. The summed E-state index contributed by atoms with van der Waals surface area (Å²) >= 11 is 0. The molecule has 0 atom stereocenters. The molecule has 0 fully saturated rings. The highest BCUT2D eigenvalue weighted by molar-refractivity contribution is 6.74. The third-order valence-corrected chi connectivity index (χ3v) is 11.5. The maximum Gasteiger partial charge on any atom is 0.192 e. The topological polar surface area (TPSA) is 21.7 Å². The van der Waals surface area contributed by atoms with Crippen LogP contribution < -0.4 is 4.74 Å². The Morgan fingerprint density at radius 2 is 1.32 bits per heavy atom. The average molecular weight is 514 g/mol. The van der Waals surface area contributed by atoms with Gasteiger partial charge < -0.3 is 14.1 Å². The van der Waals surface area contributed by atoms with E-state index >= 15 is 0 Å². The van der Waals surface area contributed by atoms with Crippen LogP contribution in [-0.4, -0.2) is 47.1 Å². The van der Waals surface area contributed by atoms with Gasteiger partial charge in [-0.3, -0.25) is 0 Å². The maximum absolute atomic E-state index is 6.45. The molecule has 4 heteroatoms. The summed E-state index contributed by atoms with van der Waals surface area (Å²) in [7, 11) is 2.29. The van der Waals surface area contributed by atoms with Crippen LogP contribution in [0.2, 0.25) is 18.1 Å². The van der Waals surface area contributed by atoms with Gasteiger partial charge in [0.15, 0.2) is 8.32 Å². The van der Waals surface area contributed by atoms with E-state index in [9.17, 15) is 0 Å². The minimum atomic E-state index is -1.82. The minimum Gasteiger partial charge on any atom is -0.492 e. The lowest BCUT2D eigenvalue weighted by Crippen LogP contribution is -2.40. The molecular formula is C33H43NO2Si. The summed E-state index contributed by atoms with van der Waals surface area (Å²) in [6, 6.07) is 29.7. The smallest absolute Gasteiger partial charge is 0.192 e. The molecule has 0 radical (unpaired) electrons. The first-order chi connectivity index (χ1) is 17.6. The molecule has 0 aliphatic rings. The second kappa shape index (κ2) is 13.0. The fourth-order valence-electron chi connectivity index (χ4n) is 3.73. The number of hydrogen-bond donors (Lipinski definition) is 0. The van der Waals surface area contributed by atoms with Crippen LogP contribution in [0.4, 0.5) is 0 Å². The van der Waals surface area contributed by atoms with Crippen molar-refractivity contribution in [2.24, 2.45) is 0 Å². The molecule has 196 valence electrons. The van der Waals surface area contributed by atoms with Gasteiger partial charge in [0.05, 0.1) is 6.61 Å². The normalized spacial score (nSPS) is 13.2. The standard InChI is InChI=1S/C33H43NO2Si/c1-33(2,3)37(6,7)36-25-14-19-31(27-15-10-8-11-16-27)32(28-17-12-9-13-18-28)29-20-22-30(23-21-29)35-26-24-34(4)5/h8-23H,24-26H2,1-7H3/b19-14-,32-31?. The van der Waals surface area contributed by atoms with Gasteiger partial charge in [-0.15, -0.1) is 0 Å². The van der Waals surface area contributed by atoms with Crippen molar-refractivity contribution in [3.63, 3.8) is 0 Å². The molecule has 3 aromatic carbocycles. The maximum atomic E-state index is 6.45. The number of nitrogens with zero attached hydrogens (tertiary/aromatic N) is 1. The van der Waals surface area contributed by atoms with Gasteiger partial charge in [-0.05, 0) is 72.2 Å². The Labute approximate surface area is 225 Å². The van der Waals surface area contributed by atoms with E-state index in [2.05, 4.69) is 150 Å². The lowest BCUT2D eigenvalue weighted by atomic mass is 9.89. The molecular weight excluding hydrogens is 470 g/mol. The van der Waals surface area contributed by atoms with Gasteiger partial charge in [-0.25, -0.2) is 0 Å². The summed E-state index contributed by atoms with van der Waals surface area (Å²) in [4.78, 5) is 2.12. The molecule has 0 aliphatic heterocycles. The molecule has 0 amide bonds. The van der Waals surface area contributed by atoms with E-state index in [0.717, 1.165) is 17.9 Å². The van der Waals surface area contributed by atoms with E-state index in [-0.39, 0.29) is 5.04 Å². The Balaban J connectivity index is 2.02. The Hall–Kier alpha value is -2.92. The number of ether oxygens (including phenoxy) is 1. The van der Waals surface area contributed by atoms with Crippen LogP contribution in [0.1, 0.15) is 37.5 Å². The van der Waals surface area contributed by atoms with Crippen molar-refractivity contribution in [3.05, 3.63) is 114 Å². The van der Waals surface area contributed by atoms with Gasteiger partial charge in [0.2, 0.25) is 0 Å². The predicted molar refractivity (Wildman–Crippen MR) is 162 cm³/mol. The largest absolute Gasteiger partial charge is 0.492 e. The van der Waals surface area contributed by atoms with Crippen molar-refractivity contribution >= 4 is 19.5 Å². The Morgan fingerprint density at radius 3 is 1.86 bits per heavy atom. The molecule has 3 aromatic rings. The highest BCUT2D eigenvalue weighted by atomic mass is 28.4. The molecule has 0 unspecified atom stereocenters. The summed E-state index contributed by atoms with van der Waals surface area (Å²) in [6.07, 6.45) is 4.40. The lowest BCUT2D eigenvalue weighted by Gasteiger charge is -2.35. The lowest BCUT2D eigenvalue weighted by molar-refractivity contribution is 0.261. The molecule has 0 saturated heterocycles. The number of hydrogen-bond acceptors (Lipinski definition) is 3. The van der Waals surface area contributed by atoms with Crippen LogP contribution in [0.5, 0.6) is 5.75 Å². The second-order valence-electron chi connectivity index (χ2n) is 11.2. The van der Waals surface area contributed by atoms with Crippen LogP contribution in [-0.2, 0) is 4.43 Å². The van der Waals surface area contributed by atoms with Crippen molar-refractivity contribution < 1.29 is 9.16 Å². The quantitative estimate of drug-likeness (QED) is 0.147. The molecule has 0 spiro atoms. The van der Waals surface area contributed by atoms with Crippen molar-refractivity contribution in [2.45, 2.75) is 38.9 Å². The molecule has 0 saturated carbocycles. The van der Waals surface area contributed by atoms with Gasteiger partial charge in [0.25, 0.3) is 0 Å². The van der Waals surface area contributed by atoms with Gasteiger partial charge in [0, 0.05) is 6.54 Å². The molecule has 0 N–H and O–H groups in total. The fourth-order valence-corrected chi connectivity index (χ4v) is 4.67. The van der Waals surface area contributed by atoms with Gasteiger partial charge in [-0.2, -0.15) is 0 Å². The fraction of sp³-hybridized carbons (Fsp3) is 0.333. The first-order valence-corrected chi connectivity index (χ1v) is 16.0. The first kappa shape index (κ1) is 28.6. The highest BCUT2D eigenvalue weighted by Crippen LogP contribution is 2.37. The summed E-state index contributed by atoms with van der Waals surface area (Å²) in [5.74, 6) is 0.887. The Bertz CT molecular complexity index is 1160. The Morgan fingerprint density at radius 1 is 0.784 bits per heavy atom. The van der Waals surface area contributed by atoms with Gasteiger partial charge in [-0.1, -0.05) is 106 Å². The van der Waals surface area contributed by atoms with Crippen molar-refractivity contribution in [2.75, 3.05) is 33.9 Å². The predicted octanol–water partition coefficient (Wildman–Crippen LogP) is 8.16. The average Bonchev–Trinajstić information content (AvgIpc) is 2.87. The zero-order valence-electron chi connectivity index (χ0n) is 23.6. The molecule has 3 rings (SSSR count). The molecule has 0 aliphatic carbocycles. The van der Waals surface area contributed by atoms with Crippen LogP contribution in [0.3, 0.4) is 0 Å². The number of benzene rings is 3. The van der Waals surface area contributed by atoms with Gasteiger partial charge in [0.1, 0.15) is 12.4 Å². The molecule has 37 heavy (non-hydrogen) atoms. The number of likely N-dealkylation sites (N-methyl/N-ethyl adjacent to an activating group) is 1. The highest BCUT2D eigenvalue weighted by Gasteiger charge is 2.36. The number of rotatable bonds is 11. The Kier molecular flexibility index (Phi) is 10.1. The van der Waals surface area contributed by atoms with Crippen LogP contribution in [0.25, 0.3) is 11.1 Å². The summed E-state index contributed by atoms with van der Waals surface area (Å²) in [6.45, 7) is 13.6. The summed E-state index contributed by atoms with van der Waals surface area (Å²) in [5.41, 5.74) is 5.87. The SMILES string of the molecule is CN(C)CCOc1ccc(C(=C(/C=C\CO[Si](C)(C)C(C)(C)C)c2ccccc2)c2ccccc2)cc1. The molecule has 3 nitrogen and oxygen atoms in total. The van der Waals surface area contributed by atoms with E-state index in [1.165, 1.54) is 22.3 Å². The summed E-state index contributed by atoms with van der Waals surface area (Å²) < 4.78 is 12.4. The van der Waals surface area contributed by atoms with E-state index in [0.29, 0.717) is 13.2 Å². The monoisotopic (exact) mass is 513 g/mol. The van der Waals surface area contributed by atoms with Crippen molar-refractivity contribution in [1.82, 2.24) is 4.90 Å². The third kappa shape index (κ3) is 8.29. The van der Waals surface area contributed by atoms with Gasteiger partial charge >= 0.3 is 0 Å². The zero-order chi connectivity index (χ0) is 26.9. The van der Waals surface area contributed by atoms with Crippen LogP contribution in [0.15, 0.2) is 97.1 Å². The van der Waals surface area contributed by atoms with E-state index in [1.54, 1.807) is 0 Å². The zero-order valence-corrected chi connectivity index (χ0v) is 24.6. The first-order valence-electron chi connectivity index (χ1n) is 13.1. The van der Waals surface area contributed by atoms with E-state index in [1.807, 2.05) is 0 Å². The molecule has 0 heterocycles. The van der Waals surface area contributed by atoms with Crippen LogP contribution in [0, 0.1) is 0 Å². The minimum absolute atomic E-state index is 0.185. The van der Waals surface area contributed by atoms with Crippen molar-refractivity contribution in [3.8, 4) is 5.75 Å². The van der Waals surface area contributed by atoms with Crippen LogP contribution >= 0.6 is 0 Å².